The summed E-state index contributed by atoms with van der Waals surface area (Å²) in [5.41, 5.74) is 4.02. The van der Waals surface area contributed by atoms with E-state index in [1.165, 1.54) is 0 Å². The van der Waals surface area contributed by atoms with Crippen molar-refractivity contribution in [2.45, 2.75) is 20.3 Å². The molecule has 0 fully saturated rings. The molecule has 0 atom stereocenters. The van der Waals surface area contributed by atoms with Crippen LogP contribution >= 0.6 is 0 Å². The maximum absolute atomic E-state index is 10.3. The van der Waals surface area contributed by atoms with Gasteiger partial charge in [0.15, 0.2) is 0 Å². The molecule has 16 heavy (non-hydrogen) atoms. The van der Waals surface area contributed by atoms with E-state index in [0.717, 1.165) is 22.6 Å². The van der Waals surface area contributed by atoms with E-state index in [9.17, 15) is 4.79 Å². The van der Waals surface area contributed by atoms with E-state index >= 15 is 0 Å². The molecule has 2 aromatic rings. The number of benzene rings is 1. The van der Waals surface area contributed by atoms with E-state index in [0.29, 0.717) is 6.42 Å². The molecule has 0 unspecified atom stereocenters. The van der Waals surface area contributed by atoms with Gasteiger partial charge in [0.2, 0.25) is 6.29 Å². The zero-order valence-corrected chi connectivity index (χ0v) is 9.40. The molecule has 0 bridgehead atoms. The molecule has 1 radical (unpaired) electrons. The molecule has 0 N–H and O–H groups in total. The van der Waals surface area contributed by atoms with Crippen LogP contribution in [0.15, 0.2) is 30.3 Å². The van der Waals surface area contributed by atoms with E-state index in [1.54, 1.807) is 0 Å². The molecular weight excluding hydrogens is 200 g/mol. The van der Waals surface area contributed by atoms with Gasteiger partial charge in [-0.25, -0.2) is 4.68 Å². The van der Waals surface area contributed by atoms with Crippen LogP contribution < -0.4 is 0 Å². The third-order valence-corrected chi connectivity index (χ3v) is 2.44. The predicted molar refractivity (Wildman–Crippen MR) is 62.4 cm³/mol. The lowest BCUT2D eigenvalue weighted by Gasteiger charge is -2.05. The average molecular weight is 213 g/mol. The van der Waals surface area contributed by atoms with Crippen molar-refractivity contribution >= 4 is 6.29 Å². The highest BCUT2D eigenvalue weighted by atomic mass is 16.1. The molecule has 0 aliphatic heterocycles. The number of hydrogen-bond acceptors (Lipinski definition) is 2. The smallest absolute Gasteiger partial charge is 0.203 e. The van der Waals surface area contributed by atoms with Crippen molar-refractivity contribution < 1.29 is 4.79 Å². The number of carbonyl (C=O) groups excluding carboxylic acids is 1. The quantitative estimate of drug-likeness (QED) is 0.783. The molecule has 2 rings (SSSR count). The van der Waals surface area contributed by atoms with Crippen molar-refractivity contribution in [2.75, 3.05) is 0 Å². The Morgan fingerprint density at radius 2 is 2.12 bits per heavy atom. The first kappa shape index (κ1) is 10.6. The summed E-state index contributed by atoms with van der Waals surface area (Å²) in [6, 6.07) is 9.81. The molecule has 0 saturated carbocycles. The van der Waals surface area contributed by atoms with Gasteiger partial charge in [-0.15, -0.1) is 0 Å². The van der Waals surface area contributed by atoms with E-state index in [-0.39, 0.29) is 0 Å². The van der Waals surface area contributed by atoms with E-state index in [1.807, 2.05) is 55.1 Å². The third-order valence-electron chi connectivity index (χ3n) is 2.44. The van der Waals surface area contributed by atoms with Gasteiger partial charge < -0.3 is 0 Å². The van der Waals surface area contributed by atoms with Crippen LogP contribution in [0.1, 0.15) is 17.0 Å². The molecule has 1 aromatic heterocycles. The first-order valence-corrected chi connectivity index (χ1v) is 5.18. The summed E-state index contributed by atoms with van der Waals surface area (Å²) in [5.74, 6) is 0. The standard InChI is InChI=1S/C13H13N2O/c1-10-8-11(2)15(14-10)13-5-3-4-12(9-13)6-7-16/h3-5,8-9H,6H2,1-2H3. The Hall–Kier alpha value is -1.90. The summed E-state index contributed by atoms with van der Waals surface area (Å²) in [7, 11) is 0. The lowest BCUT2D eigenvalue weighted by atomic mass is 10.1. The lowest BCUT2D eigenvalue weighted by Crippen LogP contribution is -2.00. The van der Waals surface area contributed by atoms with Crippen LogP contribution in [-0.4, -0.2) is 16.1 Å². The van der Waals surface area contributed by atoms with Crippen molar-refractivity contribution in [3.8, 4) is 5.69 Å². The number of rotatable bonds is 3. The average Bonchev–Trinajstić information content (AvgIpc) is 2.59. The van der Waals surface area contributed by atoms with Crippen LogP contribution in [0.3, 0.4) is 0 Å². The largest absolute Gasteiger partial charge is 0.291 e. The Morgan fingerprint density at radius 3 is 2.75 bits per heavy atom. The minimum atomic E-state index is 0.327. The monoisotopic (exact) mass is 213 g/mol. The Labute approximate surface area is 94.7 Å². The van der Waals surface area contributed by atoms with Gasteiger partial charge in [-0.05, 0) is 37.6 Å². The predicted octanol–water partition coefficient (Wildman–Crippen LogP) is 2.14. The van der Waals surface area contributed by atoms with E-state index in [4.69, 9.17) is 0 Å². The molecule has 0 saturated heterocycles. The van der Waals surface area contributed by atoms with Crippen molar-refractivity contribution in [3.05, 3.63) is 47.3 Å². The summed E-state index contributed by atoms with van der Waals surface area (Å²) >= 11 is 0. The fourth-order valence-electron chi connectivity index (χ4n) is 1.77. The second kappa shape index (κ2) is 4.31. The van der Waals surface area contributed by atoms with Crippen LogP contribution in [0.25, 0.3) is 5.69 Å². The summed E-state index contributed by atoms with van der Waals surface area (Å²) in [5, 5.41) is 4.40. The van der Waals surface area contributed by atoms with Crippen molar-refractivity contribution in [1.29, 1.82) is 0 Å². The highest BCUT2D eigenvalue weighted by Crippen LogP contribution is 2.13. The van der Waals surface area contributed by atoms with Crippen LogP contribution in [0.5, 0.6) is 0 Å². The van der Waals surface area contributed by atoms with Crippen LogP contribution in [-0.2, 0) is 11.2 Å². The Kier molecular flexibility index (Phi) is 2.86. The van der Waals surface area contributed by atoms with Crippen molar-refractivity contribution in [1.82, 2.24) is 9.78 Å². The Morgan fingerprint density at radius 1 is 1.31 bits per heavy atom. The van der Waals surface area contributed by atoms with Gasteiger partial charge in [-0.1, -0.05) is 12.1 Å². The summed E-state index contributed by atoms with van der Waals surface area (Å²) in [4.78, 5) is 10.3. The Bertz CT molecular complexity index is 514. The maximum atomic E-state index is 10.3. The van der Waals surface area contributed by atoms with E-state index < -0.39 is 0 Å². The van der Waals surface area contributed by atoms with Gasteiger partial charge in [0, 0.05) is 12.1 Å². The molecule has 1 aromatic carbocycles. The topological polar surface area (TPSA) is 34.9 Å². The molecule has 0 spiro atoms. The molecule has 1 heterocycles. The second-order valence-electron chi connectivity index (χ2n) is 3.83. The summed E-state index contributed by atoms with van der Waals surface area (Å²) in [6.07, 6.45) is 2.23. The van der Waals surface area contributed by atoms with Crippen LogP contribution in [0.4, 0.5) is 0 Å². The zero-order valence-electron chi connectivity index (χ0n) is 9.40. The normalized spacial score (nSPS) is 10.4. The molecule has 0 aliphatic rings. The molecule has 0 amide bonds. The van der Waals surface area contributed by atoms with Gasteiger partial charge in [0.05, 0.1) is 11.4 Å². The lowest BCUT2D eigenvalue weighted by molar-refractivity contribution is 0.555. The van der Waals surface area contributed by atoms with Gasteiger partial charge in [-0.2, -0.15) is 5.10 Å². The SMILES string of the molecule is Cc1cc(C)n(-c2cccc(C[C]=O)c2)n1. The van der Waals surface area contributed by atoms with Crippen LogP contribution in [0.2, 0.25) is 0 Å². The molecule has 0 aliphatic carbocycles. The molecular formula is C13H13N2O. The summed E-state index contributed by atoms with van der Waals surface area (Å²) in [6.45, 7) is 3.98. The number of nitrogens with zero attached hydrogens (tertiary/aromatic N) is 2. The first-order chi connectivity index (χ1) is 7.70. The number of hydrogen-bond donors (Lipinski definition) is 0. The second-order valence-corrected chi connectivity index (χ2v) is 3.83. The molecule has 3 nitrogen and oxygen atoms in total. The van der Waals surface area contributed by atoms with Crippen molar-refractivity contribution in [2.24, 2.45) is 0 Å². The zero-order chi connectivity index (χ0) is 11.5. The van der Waals surface area contributed by atoms with Crippen molar-refractivity contribution in [3.63, 3.8) is 0 Å². The van der Waals surface area contributed by atoms with E-state index in [2.05, 4.69) is 5.10 Å². The number of aromatic nitrogens is 2. The number of aryl methyl sites for hydroxylation is 2. The van der Waals surface area contributed by atoms with Gasteiger partial charge >= 0.3 is 0 Å². The summed E-state index contributed by atoms with van der Waals surface area (Å²) < 4.78 is 1.88. The fraction of sp³-hybridized carbons (Fsp3) is 0.231. The highest BCUT2D eigenvalue weighted by Gasteiger charge is 2.04. The van der Waals surface area contributed by atoms with Gasteiger partial charge in [0.1, 0.15) is 0 Å². The maximum Gasteiger partial charge on any atom is 0.203 e. The Balaban J connectivity index is 2.43. The van der Waals surface area contributed by atoms with Crippen LogP contribution in [0, 0.1) is 13.8 Å². The minimum Gasteiger partial charge on any atom is -0.291 e. The minimum absolute atomic E-state index is 0.327. The van der Waals surface area contributed by atoms with Gasteiger partial charge in [0.25, 0.3) is 0 Å². The van der Waals surface area contributed by atoms with Gasteiger partial charge in [-0.3, -0.25) is 4.79 Å². The molecule has 3 heteroatoms. The third kappa shape index (κ3) is 2.03. The first-order valence-electron chi connectivity index (χ1n) is 5.18. The molecule has 81 valence electrons. The highest BCUT2D eigenvalue weighted by molar-refractivity contribution is 5.56. The fourth-order valence-corrected chi connectivity index (χ4v) is 1.77.